The predicted octanol–water partition coefficient (Wildman–Crippen LogP) is 3.52. The van der Waals surface area contributed by atoms with Gasteiger partial charge in [-0.25, -0.2) is 0 Å². The Morgan fingerprint density at radius 1 is 1.39 bits per heavy atom. The zero-order valence-electron chi connectivity index (χ0n) is 13.5. The van der Waals surface area contributed by atoms with Crippen LogP contribution in [0.25, 0.3) is 11.3 Å². The van der Waals surface area contributed by atoms with Crippen molar-refractivity contribution in [3.8, 4) is 11.3 Å². The lowest BCUT2D eigenvalue weighted by molar-refractivity contribution is 0.0902. The summed E-state index contributed by atoms with van der Waals surface area (Å²) in [5, 5.41) is 16.9. The van der Waals surface area contributed by atoms with Crippen LogP contribution in [0.15, 0.2) is 35.1 Å². The highest BCUT2D eigenvalue weighted by atomic mass is 35.5. The molecule has 0 radical (unpaired) electrons. The zero-order chi connectivity index (χ0) is 17.0. The summed E-state index contributed by atoms with van der Waals surface area (Å²) in [6.07, 6.45) is 1.52. The number of aromatic nitrogens is 1. The van der Waals surface area contributed by atoms with Crippen molar-refractivity contribution in [2.45, 2.75) is 33.3 Å². The van der Waals surface area contributed by atoms with E-state index >= 15 is 0 Å². The molecule has 0 saturated carbocycles. The molecule has 2 aromatic rings. The molecule has 1 aromatic heterocycles. The van der Waals surface area contributed by atoms with Crippen molar-refractivity contribution in [3.05, 3.63) is 41.1 Å². The van der Waals surface area contributed by atoms with Gasteiger partial charge in [0.2, 0.25) is 0 Å². The molecule has 1 heterocycles. The molecule has 0 fully saturated rings. The molecular formula is C17H21ClN2O3. The molecule has 0 spiro atoms. The van der Waals surface area contributed by atoms with Gasteiger partial charge in [-0.1, -0.05) is 42.7 Å². The van der Waals surface area contributed by atoms with Gasteiger partial charge in [0.15, 0.2) is 0 Å². The maximum Gasteiger partial charge on any atom is 0.256 e. The number of amides is 1. The van der Waals surface area contributed by atoms with Crippen LogP contribution in [-0.2, 0) is 0 Å². The molecular weight excluding hydrogens is 316 g/mol. The number of rotatable bonds is 6. The van der Waals surface area contributed by atoms with Gasteiger partial charge in [-0.05, 0) is 30.9 Å². The minimum absolute atomic E-state index is 0.207. The highest BCUT2D eigenvalue weighted by Gasteiger charge is 2.23. The van der Waals surface area contributed by atoms with E-state index in [0.29, 0.717) is 29.2 Å². The van der Waals surface area contributed by atoms with Crippen LogP contribution < -0.4 is 5.32 Å². The Morgan fingerprint density at radius 2 is 2.04 bits per heavy atom. The van der Waals surface area contributed by atoms with Crippen molar-refractivity contribution in [3.63, 3.8) is 0 Å². The maximum atomic E-state index is 12.4. The molecule has 23 heavy (non-hydrogen) atoms. The lowest BCUT2D eigenvalue weighted by Crippen LogP contribution is -2.35. The number of carbonyl (C=O) groups excluding carboxylic acids is 1. The van der Waals surface area contributed by atoms with Gasteiger partial charge < -0.3 is 14.9 Å². The normalized spacial score (nSPS) is 12.9. The summed E-state index contributed by atoms with van der Waals surface area (Å²) in [6, 6.07) is 7.04. The number of hydrogen-bond donors (Lipinski definition) is 2. The van der Waals surface area contributed by atoms with Crippen LogP contribution >= 0.6 is 11.6 Å². The second-order valence-corrected chi connectivity index (χ2v) is 6.92. The molecule has 0 aliphatic heterocycles. The topological polar surface area (TPSA) is 75.4 Å². The van der Waals surface area contributed by atoms with E-state index in [1.165, 1.54) is 6.26 Å². The Kier molecular flexibility index (Phi) is 5.44. The first-order chi connectivity index (χ1) is 10.8. The van der Waals surface area contributed by atoms with E-state index in [1.807, 2.05) is 13.8 Å². The van der Waals surface area contributed by atoms with Gasteiger partial charge in [-0.2, -0.15) is 0 Å². The molecule has 1 aromatic carbocycles. The van der Waals surface area contributed by atoms with E-state index in [0.717, 1.165) is 5.56 Å². The predicted molar refractivity (Wildman–Crippen MR) is 89.4 cm³/mol. The number of carbonyl (C=O) groups is 1. The summed E-state index contributed by atoms with van der Waals surface area (Å²) < 4.78 is 4.96. The fourth-order valence-electron chi connectivity index (χ4n) is 2.50. The van der Waals surface area contributed by atoms with Crippen molar-refractivity contribution in [1.82, 2.24) is 10.5 Å². The number of aliphatic hydroxyl groups is 1. The van der Waals surface area contributed by atoms with Crippen LogP contribution in [0, 0.1) is 5.41 Å². The monoisotopic (exact) mass is 336 g/mol. The number of nitrogens with one attached hydrogen (secondary N) is 1. The zero-order valence-corrected chi connectivity index (χ0v) is 14.2. The molecule has 0 bridgehead atoms. The van der Waals surface area contributed by atoms with Crippen LogP contribution in [-0.4, -0.2) is 28.8 Å². The summed E-state index contributed by atoms with van der Waals surface area (Å²) in [6.45, 7) is 6.17. The van der Waals surface area contributed by atoms with Gasteiger partial charge in [0.05, 0.1) is 6.10 Å². The quantitative estimate of drug-likeness (QED) is 0.846. The summed E-state index contributed by atoms with van der Waals surface area (Å²) in [5.41, 5.74) is 1.41. The smallest absolute Gasteiger partial charge is 0.256 e. The largest absolute Gasteiger partial charge is 0.393 e. The molecule has 0 aliphatic rings. The Hall–Kier alpha value is -1.85. The minimum atomic E-state index is -0.415. The highest BCUT2D eigenvalue weighted by Crippen LogP contribution is 2.25. The van der Waals surface area contributed by atoms with Gasteiger partial charge in [0, 0.05) is 17.1 Å². The van der Waals surface area contributed by atoms with Gasteiger partial charge in [0.25, 0.3) is 5.91 Å². The Balaban J connectivity index is 2.09. The van der Waals surface area contributed by atoms with Gasteiger partial charge >= 0.3 is 0 Å². The molecule has 0 saturated heterocycles. The van der Waals surface area contributed by atoms with Crippen LogP contribution in [0.1, 0.15) is 37.6 Å². The van der Waals surface area contributed by atoms with Gasteiger partial charge in [-0.3, -0.25) is 4.79 Å². The fourth-order valence-corrected chi connectivity index (χ4v) is 2.63. The number of halogens is 1. The number of hydrogen-bond acceptors (Lipinski definition) is 4. The minimum Gasteiger partial charge on any atom is -0.393 e. The molecule has 2 rings (SSSR count). The lowest BCUT2D eigenvalue weighted by atomic mass is 9.87. The van der Waals surface area contributed by atoms with Crippen molar-refractivity contribution < 1.29 is 14.4 Å². The molecule has 1 atom stereocenters. The summed E-state index contributed by atoms with van der Waals surface area (Å²) in [5.74, 6) is -0.255. The van der Waals surface area contributed by atoms with Crippen LogP contribution in [0.3, 0.4) is 0 Å². The van der Waals surface area contributed by atoms with E-state index in [9.17, 15) is 9.90 Å². The molecule has 124 valence electrons. The fraction of sp³-hybridized carbons (Fsp3) is 0.412. The Morgan fingerprint density at radius 3 is 2.65 bits per heavy atom. The van der Waals surface area contributed by atoms with E-state index < -0.39 is 6.10 Å². The molecule has 1 unspecified atom stereocenters. The third-order valence-corrected chi connectivity index (χ3v) is 3.76. The first-order valence-corrected chi connectivity index (χ1v) is 7.83. The number of aliphatic hydroxyl groups excluding tert-OH is 1. The van der Waals surface area contributed by atoms with Crippen LogP contribution in [0.4, 0.5) is 0 Å². The standard InChI is InChI=1S/C17H21ClN2O3/c1-11(21)8-17(2,3)10-19-16(22)14-9-23-20-15(14)12-4-6-13(18)7-5-12/h4-7,9,11,21H,8,10H2,1-3H3,(H,19,22). The Labute approximate surface area is 140 Å². The molecule has 0 aliphatic carbocycles. The average molecular weight is 337 g/mol. The van der Waals surface area contributed by atoms with Crippen molar-refractivity contribution >= 4 is 17.5 Å². The first-order valence-electron chi connectivity index (χ1n) is 7.45. The van der Waals surface area contributed by atoms with Gasteiger partial charge in [0.1, 0.15) is 17.5 Å². The van der Waals surface area contributed by atoms with Crippen LogP contribution in [0.5, 0.6) is 0 Å². The second-order valence-electron chi connectivity index (χ2n) is 6.48. The SMILES string of the molecule is CC(O)CC(C)(C)CNC(=O)c1conc1-c1ccc(Cl)cc1. The van der Waals surface area contributed by atoms with Crippen LogP contribution in [0.2, 0.25) is 5.02 Å². The highest BCUT2D eigenvalue weighted by molar-refractivity contribution is 6.30. The second kappa shape index (κ2) is 7.15. The van der Waals surface area contributed by atoms with Crippen molar-refractivity contribution in [2.75, 3.05) is 6.54 Å². The van der Waals surface area contributed by atoms with Crippen molar-refractivity contribution in [2.24, 2.45) is 5.41 Å². The molecule has 6 heteroatoms. The Bertz CT molecular complexity index is 663. The van der Waals surface area contributed by atoms with Gasteiger partial charge in [-0.15, -0.1) is 0 Å². The third kappa shape index (κ3) is 4.81. The molecule has 2 N–H and O–H groups in total. The number of nitrogens with zero attached hydrogens (tertiary/aromatic N) is 1. The number of benzene rings is 1. The van der Waals surface area contributed by atoms with E-state index in [4.69, 9.17) is 16.1 Å². The molecule has 1 amide bonds. The lowest BCUT2D eigenvalue weighted by Gasteiger charge is -2.26. The summed E-state index contributed by atoms with van der Waals surface area (Å²) in [4.78, 5) is 12.4. The van der Waals surface area contributed by atoms with E-state index in [-0.39, 0.29) is 11.3 Å². The summed E-state index contributed by atoms with van der Waals surface area (Å²) in [7, 11) is 0. The first kappa shape index (κ1) is 17.5. The van der Waals surface area contributed by atoms with Crippen molar-refractivity contribution in [1.29, 1.82) is 0 Å². The summed E-state index contributed by atoms with van der Waals surface area (Å²) >= 11 is 5.87. The maximum absolute atomic E-state index is 12.4. The molecule has 5 nitrogen and oxygen atoms in total. The van der Waals surface area contributed by atoms with E-state index in [2.05, 4.69) is 10.5 Å². The van der Waals surface area contributed by atoms with E-state index in [1.54, 1.807) is 31.2 Å². The average Bonchev–Trinajstić information content (AvgIpc) is 2.94. The third-order valence-electron chi connectivity index (χ3n) is 3.51.